The van der Waals surface area contributed by atoms with Crippen molar-refractivity contribution >= 4 is 33.2 Å². The summed E-state index contributed by atoms with van der Waals surface area (Å²) in [7, 11) is -3.58. The molecule has 1 aromatic carbocycles. The maximum absolute atomic E-state index is 12.3. The summed E-state index contributed by atoms with van der Waals surface area (Å²) in [6, 6.07) is 5.70. The van der Waals surface area contributed by atoms with E-state index in [4.69, 9.17) is 11.6 Å². The van der Waals surface area contributed by atoms with Crippen LogP contribution < -0.4 is 4.72 Å². The SMILES string of the molecule is CC.Cc1snc(C(C)NS(=O)(=O)c2ccc(Cl)cc2)c1C. The first-order chi connectivity index (χ1) is 10.3. The molecule has 0 radical (unpaired) electrons. The molecule has 0 aliphatic rings. The molecule has 1 aromatic heterocycles. The minimum Gasteiger partial charge on any atom is -0.207 e. The maximum Gasteiger partial charge on any atom is 0.241 e. The van der Waals surface area contributed by atoms with Crippen molar-refractivity contribution in [2.45, 2.75) is 45.6 Å². The highest BCUT2D eigenvalue weighted by molar-refractivity contribution is 7.89. The van der Waals surface area contributed by atoms with Crippen LogP contribution >= 0.6 is 23.1 Å². The van der Waals surface area contributed by atoms with Crippen LogP contribution in [0.3, 0.4) is 0 Å². The minimum absolute atomic E-state index is 0.193. The number of aryl methyl sites for hydroxylation is 1. The molecule has 0 spiro atoms. The lowest BCUT2D eigenvalue weighted by molar-refractivity contribution is 0.564. The first-order valence-corrected chi connectivity index (χ1v) is 9.65. The van der Waals surface area contributed by atoms with Crippen LogP contribution in [0.4, 0.5) is 0 Å². The molecule has 7 heteroatoms. The fraction of sp³-hybridized carbons (Fsp3) is 0.400. The van der Waals surface area contributed by atoms with Gasteiger partial charge in [-0.05, 0) is 62.1 Å². The summed E-state index contributed by atoms with van der Waals surface area (Å²) in [5.41, 5.74) is 1.80. The first-order valence-electron chi connectivity index (χ1n) is 7.02. The smallest absolute Gasteiger partial charge is 0.207 e. The quantitative estimate of drug-likeness (QED) is 0.874. The van der Waals surface area contributed by atoms with E-state index in [-0.39, 0.29) is 10.9 Å². The summed E-state index contributed by atoms with van der Waals surface area (Å²) in [5.74, 6) is 0. The zero-order valence-corrected chi connectivity index (χ0v) is 15.7. The number of sulfonamides is 1. The van der Waals surface area contributed by atoms with Crippen molar-refractivity contribution in [1.82, 2.24) is 9.10 Å². The molecule has 1 N–H and O–H groups in total. The third-order valence-corrected chi connectivity index (χ3v) is 5.74. The Balaban J connectivity index is 0.00000116. The highest BCUT2D eigenvalue weighted by Crippen LogP contribution is 2.24. The standard InChI is InChI=1S/C13H15ClN2O2S2.C2H6/c1-8-10(3)19-15-13(8)9(2)16-20(17,18)12-6-4-11(14)5-7-12;1-2/h4-7,9,16H,1-3H3;1-2H3. The van der Waals surface area contributed by atoms with E-state index in [0.29, 0.717) is 5.02 Å². The molecule has 0 saturated heterocycles. The summed E-state index contributed by atoms with van der Waals surface area (Å²) >= 11 is 7.14. The Morgan fingerprint density at radius 2 is 1.73 bits per heavy atom. The second-order valence-electron chi connectivity index (χ2n) is 4.55. The zero-order valence-electron chi connectivity index (χ0n) is 13.3. The molecule has 1 heterocycles. The van der Waals surface area contributed by atoms with Gasteiger partial charge < -0.3 is 0 Å². The first kappa shape index (κ1) is 19.1. The van der Waals surface area contributed by atoms with Gasteiger partial charge in [0.1, 0.15) is 0 Å². The Bertz CT molecular complexity index is 710. The van der Waals surface area contributed by atoms with Gasteiger partial charge in [0.25, 0.3) is 0 Å². The number of hydrogen-bond acceptors (Lipinski definition) is 4. The Labute approximate surface area is 141 Å². The molecule has 0 bridgehead atoms. The Morgan fingerprint density at radius 3 is 2.18 bits per heavy atom. The molecule has 2 rings (SSSR count). The van der Waals surface area contributed by atoms with Gasteiger partial charge >= 0.3 is 0 Å². The van der Waals surface area contributed by atoms with E-state index in [1.165, 1.54) is 23.7 Å². The van der Waals surface area contributed by atoms with Crippen molar-refractivity contribution in [2.75, 3.05) is 0 Å². The number of benzene rings is 1. The third kappa shape index (κ3) is 4.52. The number of nitrogens with one attached hydrogen (secondary N) is 1. The number of hydrogen-bond donors (Lipinski definition) is 1. The maximum atomic E-state index is 12.3. The highest BCUT2D eigenvalue weighted by atomic mass is 35.5. The lowest BCUT2D eigenvalue weighted by Gasteiger charge is -2.13. The predicted molar refractivity (Wildman–Crippen MR) is 93.1 cm³/mol. The van der Waals surface area contributed by atoms with Crippen molar-refractivity contribution in [1.29, 1.82) is 0 Å². The molecule has 1 atom stereocenters. The van der Waals surface area contributed by atoms with E-state index in [2.05, 4.69) is 9.10 Å². The van der Waals surface area contributed by atoms with Gasteiger partial charge in [-0.25, -0.2) is 13.1 Å². The van der Waals surface area contributed by atoms with Crippen LogP contribution in [0.5, 0.6) is 0 Å². The number of halogens is 1. The van der Waals surface area contributed by atoms with Gasteiger partial charge in [-0.1, -0.05) is 25.4 Å². The van der Waals surface area contributed by atoms with Crippen LogP contribution in [0, 0.1) is 13.8 Å². The average molecular weight is 361 g/mol. The van der Waals surface area contributed by atoms with E-state index >= 15 is 0 Å². The minimum atomic E-state index is -3.58. The van der Waals surface area contributed by atoms with Crippen molar-refractivity contribution in [3.05, 3.63) is 45.4 Å². The van der Waals surface area contributed by atoms with E-state index in [1.807, 2.05) is 27.7 Å². The summed E-state index contributed by atoms with van der Waals surface area (Å²) in [6.07, 6.45) is 0. The summed E-state index contributed by atoms with van der Waals surface area (Å²) in [5, 5.41) is 0.503. The molecule has 0 aliphatic heterocycles. The Kier molecular flexibility index (Phi) is 6.99. The van der Waals surface area contributed by atoms with Crippen molar-refractivity contribution in [3.63, 3.8) is 0 Å². The van der Waals surface area contributed by atoms with Gasteiger partial charge in [0.2, 0.25) is 10.0 Å². The lowest BCUT2D eigenvalue weighted by Crippen LogP contribution is -2.27. The topological polar surface area (TPSA) is 59.1 Å². The Morgan fingerprint density at radius 1 is 1.18 bits per heavy atom. The molecule has 0 aliphatic carbocycles. The van der Waals surface area contributed by atoms with Crippen molar-refractivity contribution < 1.29 is 8.42 Å². The van der Waals surface area contributed by atoms with E-state index in [9.17, 15) is 8.42 Å². The predicted octanol–water partition coefficient (Wildman–Crippen LogP) is 4.48. The molecule has 22 heavy (non-hydrogen) atoms. The van der Waals surface area contributed by atoms with Crippen molar-refractivity contribution in [2.24, 2.45) is 0 Å². The summed E-state index contributed by atoms with van der Waals surface area (Å²) in [4.78, 5) is 1.29. The highest BCUT2D eigenvalue weighted by Gasteiger charge is 2.21. The molecular weight excluding hydrogens is 340 g/mol. The average Bonchev–Trinajstić information content (AvgIpc) is 2.81. The molecule has 2 aromatic rings. The van der Waals surface area contributed by atoms with E-state index in [0.717, 1.165) is 16.1 Å². The van der Waals surface area contributed by atoms with Gasteiger partial charge in [-0.15, -0.1) is 0 Å². The van der Waals surface area contributed by atoms with Crippen LogP contribution in [-0.2, 0) is 10.0 Å². The van der Waals surface area contributed by atoms with Crippen LogP contribution in [0.15, 0.2) is 29.2 Å². The largest absolute Gasteiger partial charge is 0.241 e. The fourth-order valence-corrected chi connectivity index (χ4v) is 3.91. The van der Waals surface area contributed by atoms with E-state index < -0.39 is 10.0 Å². The molecule has 122 valence electrons. The van der Waals surface area contributed by atoms with Crippen LogP contribution in [0.1, 0.15) is 42.9 Å². The Hall–Kier alpha value is -0.950. The summed E-state index contributed by atoms with van der Waals surface area (Å²) in [6.45, 7) is 9.70. The molecule has 0 fully saturated rings. The van der Waals surface area contributed by atoms with Crippen molar-refractivity contribution in [3.8, 4) is 0 Å². The van der Waals surface area contributed by atoms with Gasteiger partial charge in [0.15, 0.2) is 0 Å². The van der Waals surface area contributed by atoms with Crippen LogP contribution in [0.2, 0.25) is 5.02 Å². The van der Waals surface area contributed by atoms with E-state index in [1.54, 1.807) is 19.1 Å². The van der Waals surface area contributed by atoms with Crippen LogP contribution in [-0.4, -0.2) is 12.8 Å². The molecule has 0 amide bonds. The zero-order chi connectivity index (χ0) is 16.9. The van der Waals surface area contributed by atoms with Gasteiger partial charge in [-0.3, -0.25) is 0 Å². The number of rotatable bonds is 4. The second kappa shape index (κ2) is 8.06. The fourth-order valence-electron chi connectivity index (χ4n) is 1.81. The van der Waals surface area contributed by atoms with Crippen LogP contribution in [0.25, 0.3) is 0 Å². The second-order valence-corrected chi connectivity index (χ2v) is 7.67. The molecular formula is C15H21ClN2O2S2. The number of aromatic nitrogens is 1. The molecule has 0 saturated carbocycles. The number of nitrogens with zero attached hydrogens (tertiary/aromatic N) is 1. The monoisotopic (exact) mass is 360 g/mol. The van der Waals surface area contributed by atoms with Gasteiger partial charge in [0.05, 0.1) is 16.6 Å². The van der Waals surface area contributed by atoms with Gasteiger partial charge in [0, 0.05) is 9.90 Å². The normalized spacial score (nSPS) is 12.5. The molecule has 4 nitrogen and oxygen atoms in total. The third-order valence-electron chi connectivity index (χ3n) is 3.06. The summed E-state index contributed by atoms with van der Waals surface area (Å²) < 4.78 is 31.5. The lowest BCUT2D eigenvalue weighted by atomic mass is 10.1. The molecule has 1 unspecified atom stereocenters. The van der Waals surface area contributed by atoms with Gasteiger partial charge in [-0.2, -0.15) is 4.37 Å².